The zero-order valence-corrected chi connectivity index (χ0v) is 7.77. The molecule has 3 fully saturated rings. The van der Waals surface area contributed by atoms with E-state index in [1.54, 1.807) is 0 Å². The molecule has 4 heteroatoms. The maximum atomic E-state index is 9.58. The van der Waals surface area contributed by atoms with Crippen LogP contribution in [0.25, 0.3) is 0 Å². The summed E-state index contributed by atoms with van der Waals surface area (Å²) in [5, 5.41) is 9.58. The van der Waals surface area contributed by atoms with E-state index in [1.165, 1.54) is 0 Å². The third kappa shape index (κ3) is 1.00. The average Bonchev–Trinajstić information content (AvgIpc) is 2.56. The van der Waals surface area contributed by atoms with Crippen LogP contribution in [-0.4, -0.2) is 41.4 Å². The number of aliphatic hydroxyl groups is 1. The van der Waals surface area contributed by atoms with Crippen LogP contribution < -0.4 is 0 Å². The van der Waals surface area contributed by atoms with Gasteiger partial charge in [-0.05, 0) is 13.8 Å². The van der Waals surface area contributed by atoms with Gasteiger partial charge in [-0.3, -0.25) is 0 Å². The van der Waals surface area contributed by atoms with Gasteiger partial charge in [-0.25, -0.2) is 0 Å². The first kappa shape index (κ1) is 8.17. The number of hydrogen-bond donors (Lipinski definition) is 1. The maximum absolute atomic E-state index is 9.58. The van der Waals surface area contributed by atoms with Crippen LogP contribution in [0.2, 0.25) is 0 Å². The van der Waals surface area contributed by atoms with E-state index in [2.05, 4.69) is 0 Å². The third-order valence-corrected chi connectivity index (χ3v) is 3.04. The molecule has 0 saturated carbocycles. The van der Waals surface area contributed by atoms with E-state index in [4.69, 9.17) is 14.2 Å². The molecule has 3 aliphatic rings. The zero-order valence-electron chi connectivity index (χ0n) is 7.77. The van der Waals surface area contributed by atoms with E-state index in [1.807, 2.05) is 13.8 Å². The van der Waals surface area contributed by atoms with Gasteiger partial charge in [0.25, 0.3) is 0 Å². The molecule has 0 aromatic heterocycles. The molecule has 3 rings (SSSR count). The third-order valence-electron chi connectivity index (χ3n) is 3.04. The van der Waals surface area contributed by atoms with Crippen molar-refractivity contribution in [3.8, 4) is 0 Å². The van der Waals surface area contributed by atoms with Gasteiger partial charge in [0.1, 0.15) is 18.3 Å². The summed E-state index contributed by atoms with van der Waals surface area (Å²) in [6.45, 7) is 3.80. The topological polar surface area (TPSA) is 47.9 Å². The molecule has 13 heavy (non-hydrogen) atoms. The quantitative estimate of drug-likeness (QED) is 0.580. The molecular formula is C9H14O4. The Bertz CT molecular complexity index is 240. The Morgan fingerprint density at radius 1 is 1.15 bits per heavy atom. The van der Waals surface area contributed by atoms with Crippen molar-refractivity contribution in [3.05, 3.63) is 0 Å². The summed E-state index contributed by atoms with van der Waals surface area (Å²) in [5.41, 5.74) is 0. The predicted octanol–water partition coefficient (Wildman–Crippen LogP) is 0.0385. The van der Waals surface area contributed by atoms with E-state index < -0.39 is 5.79 Å². The standard InChI is InChI=1S/C9H14O4/c1-9(2)12-7-5-3-4(10)6(11-5)8(7)13-9/h4-8,10H,3H2,1-2H3/t4-,5+,6-,7+,8-/m0/s1. The van der Waals surface area contributed by atoms with E-state index >= 15 is 0 Å². The molecule has 0 aromatic rings. The lowest BCUT2D eigenvalue weighted by atomic mass is 9.93. The fourth-order valence-electron chi connectivity index (χ4n) is 2.59. The van der Waals surface area contributed by atoms with Crippen molar-refractivity contribution in [2.45, 2.75) is 56.6 Å². The van der Waals surface area contributed by atoms with Crippen LogP contribution in [-0.2, 0) is 14.2 Å². The highest BCUT2D eigenvalue weighted by atomic mass is 16.8. The van der Waals surface area contributed by atoms with E-state index in [-0.39, 0.29) is 30.5 Å². The first-order valence-electron chi connectivity index (χ1n) is 4.76. The highest BCUT2D eigenvalue weighted by molar-refractivity contribution is 5.06. The Kier molecular flexibility index (Phi) is 1.42. The second kappa shape index (κ2) is 2.25. The van der Waals surface area contributed by atoms with Crippen LogP contribution in [0.15, 0.2) is 0 Å². The minimum atomic E-state index is -0.514. The maximum Gasteiger partial charge on any atom is 0.164 e. The zero-order chi connectivity index (χ0) is 9.22. The minimum Gasteiger partial charge on any atom is -0.390 e. The number of hydrogen-bond acceptors (Lipinski definition) is 4. The Balaban J connectivity index is 1.87. The molecular weight excluding hydrogens is 172 g/mol. The monoisotopic (exact) mass is 186 g/mol. The lowest BCUT2D eigenvalue weighted by Gasteiger charge is -2.21. The van der Waals surface area contributed by atoms with Crippen molar-refractivity contribution < 1.29 is 19.3 Å². The van der Waals surface area contributed by atoms with Gasteiger partial charge in [0.2, 0.25) is 0 Å². The summed E-state index contributed by atoms with van der Waals surface area (Å²) in [4.78, 5) is 0. The van der Waals surface area contributed by atoms with E-state index in [9.17, 15) is 5.11 Å². The lowest BCUT2D eigenvalue weighted by Crippen LogP contribution is -2.41. The molecule has 0 aromatic carbocycles. The molecule has 1 N–H and O–H groups in total. The van der Waals surface area contributed by atoms with Crippen LogP contribution in [0.4, 0.5) is 0 Å². The van der Waals surface area contributed by atoms with Gasteiger partial charge < -0.3 is 19.3 Å². The molecule has 0 spiro atoms. The molecule has 0 unspecified atom stereocenters. The summed E-state index contributed by atoms with van der Waals surface area (Å²) >= 11 is 0. The highest BCUT2D eigenvalue weighted by Gasteiger charge is 2.61. The van der Waals surface area contributed by atoms with Crippen molar-refractivity contribution in [3.63, 3.8) is 0 Å². The van der Waals surface area contributed by atoms with Crippen LogP contribution in [0.3, 0.4) is 0 Å². The van der Waals surface area contributed by atoms with Crippen LogP contribution in [0.5, 0.6) is 0 Å². The first-order chi connectivity index (χ1) is 6.07. The highest BCUT2D eigenvalue weighted by Crippen LogP contribution is 2.45. The summed E-state index contributed by atoms with van der Waals surface area (Å²) in [7, 11) is 0. The van der Waals surface area contributed by atoms with E-state index in [0.717, 1.165) is 0 Å². The van der Waals surface area contributed by atoms with Gasteiger partial charge in [0, 0.05) is 6.42 Å². The lowest BCUT2D eigenvalue weighted by molar-refractivity contribution is -0.179. The fourth-order valence-corrected chi connectivity index (χ4v) is 2.59. The van der Waals surface area contributed by atoms with Crippen molar-refractivity contribution in [1.29, 1.82) is 0 Å². The Morgan fingerprint density at radius 2 is 1.85 bits per heavy atom. The van der Waals surface area contributed by atoms with Gasteiger partial charge in [0.15, 0.2) is 5.79 Å². The first-order valence-corrected chi connectivity index (χ1v) is 4.76. The second-order valence-electron chi connectivity index (χ2n) is 4.51. The summed E-state index contributed by atoms with van der Waals surface area (Å²) in [5.74, 6) is -0.514. The van der Waals surface area contributed by atoms with Gasteiger partial charge in [-0.1, -0.05) is 0 Å². The molecule has 3 heterocycles. The molecule has 0 aliphatic carbocycles. The van der Waals surface area contributed by atoms with Gasteiger partial charge in [-0.2, -0.15) is 0 Å². The Hall–Kier alpha value is -0.160. The Morgan fingerprint density at radius 3 is 2.62 bits per heavy atom. The molecule has 0 amide bonds. The molecule has 3 saturated heterocycles. The van der Waals surface area contributed by atoms with Crippen molar-refractivity contribution in [1.82, 2.24) is 0 Å². The SMILES string of the molecule is CC1(C)O[C@H]2[C@H]3O[C@H](C[C@@H]3O)[C@H]2O1. The van der Waals surface area contributed by atoms with Crippen LogP contribution in [0.1, 0.15) is 20.3 Å². The number of rotatable bonds is 0. The summed E-state index contributed by atoms with van der Waals surface area (Å²) < 4.78 is 16.9. The summed E-state index contributed by atoms with van der Waals surface area (Å²) in [6, 6.07) is 0. The van der Waals surface area contributed by atoms with Gasteiger partial charge in [0.05, 0.1) is 12.2 Å². The van der Waals surface area contributed by atoms with Crippen molar-refractivity contribution in [2.75, 3.05) is 0 Å². The van der Waals surface area contributed by atoms with E-state index in [0.29, 0.717) is 6.42 Å². The Labute approximate surface area is 76.8 Å². The van der Waals surface area contributed by atoms with Crippen LogP contribution >= 0.6 is 0 Å². The van der Waals surface area contributed by atoms with Gasteiger partial charge in [-0.15, -0.1) is 0 Å². The summed E-state index contributed by atoms with van der Waals surface area (Å²) in [6.07, 6.45) is 0.144. The van der Waals surface area contributed by atoms with Crippen LogP contribution in [0, 0.1) is 0 Å². The largest absolute Gasteiger partial charge is 0.390 e. The van der Waals surface area contributed by atoms with Crippen molar-refractivity contribution >= 4 is 0 Å². The van der Waals surface area contributed by atoms with Crippen molar-refractivity contribution in [2.24, 2.45) is 0 Å². The molecule has 0 radical (unpaired) electrons. The molecule has 5 atom stereocenters. The number of ether oxygens (including phenoxy) is 3. The van der Waals surface area contributed by atoms with Gasteiger partial charge >= 0.3 is 0 Å². The molecule has 2 bridgehead atoms. The predicted molar refractivity (Wildman–Crippen MR) is 43.1 cm³/mol. The smallest absolute Gasteiger partial charge is 0.164 e. The normalized spacial score (nSPS) is 57.0. The molecule has 74 valence electrons. The molecule has 3 aliphatic heterocycles. The average molecular weight is 186 g/mol. The molecule has 4 nitrogen and oxygen atoms in total. The minimum absolute atomic E-state index is 0.0309. The second-order valence-corrected chi connectivity index (χ2v) is 4.51. The fraction of sp³-hybridized carbons (Fsp3) is 1.00. The number of aliphatic hydroxyl groups excluding tert-OH is 1. The number of fused-ring (bicyclic) bond motifs is 5.